The molecule has 0 radical (unpaired) electrons. The van der Waals surface area contributed by atoms with Crippen molar-refractivity contribution in [3.63, 3.8) is 0 Å². The minimum absolute atomic E-state index is 0.0668. The molecule has 3 atom stereocenters. The van der Waals surface area contributed by atoms with Crippen LogP contribution in [0.15, 0.2) is 30.6 Å². The van der Waals surface area contributed by atoms with Crippen LogP contribution in [0.2, 0.25) is 0 Å². The first-order chi connectivity index (χ1) is 13.2. The fourth-order valence-corrected chi connectivity index (χ4v) is 4.63. The molecule has 1 unspecified atom stereocenters. The van der Waals surface area contributed by atoms with E-state index in [1.54, 1.807) is 16.9 Å². The van der Waals surface area contributed by atoms with E-state index in [9.17, 15) is 5.11 Å². The Balaban J connectivity index is 1.59. The van der Waals surface area contributed by atoms with Gasteiger partial charge in [0.25, 0.3) is 0 Å². The van der Waals surface area contributed by atoms with Crippen molar-refractivity contribution in [2.45, 2.75) is 44.2 Å². The number of aliphatic hydroxyl groups is 1. The zero-order valence-corrected chi connectivity index (χ0v) is 15.2. The number of fused-ring (bicyclic) bond motifs is 5. The number of rotatable bonds is 3. The van der Waals surface area contributed by atoms with E-state index in [4.69, 9.17) is 10.7 Å². The Labute approximate surface area is 157 Å². The number of hydrogen-bond donors (Lipinski definition) is 3. The topological polar surface area (TPSA) is 101 Å². The van der Waals surface area contributed by atoms with E-state index in [1.165, 1.54) is 19.3 Å². The lowest BCUT2D eigenvalue weighted by Gasteiger charge is -2.33. The molecular formula is C20H24N6O. The number of nitrogens with one attached hydrogen (secondary N) is 1. The van der Waals surface area contributed by atoms with Gasteiger partial charge in [-0.2, -0.15) is 9.61 Å². The number of aliphatic hydroxyl groups excluding tert-OH is 1. The number of nitrogen functional groups attached to an aromatic ring is 1. The van der Waals surface area contributed by atoms with Gasteiger partial charge in [-0.3, -0.25) is 4.98 Å². The van der Waals surface area contributed by atoms with Crippen LogP contribution in [-0.2, 0) is 6.61 Å². The van der Waals surface area contributed by atoms with Gasteiger partial charge in [0.2, 0.25) is 0 Å². The van der Waals surface area contributed by atoms with Crippen molar-refractivity contribution in [1.29, 1.82) is 0 Å². The van der Waals surface area contributed by atoms with Crippen LogP contribution in [0.25, 0.3) is 16.8 Å². The standard InChI is InChI=1S/C20H24N6O/c21-19-7-18(16-6-14-3-1-2-12(16)8-22-14)25-20-17(10-24-26(19)20)13-4-5-15(11-27)23-9-13/h4-5,7,9-10,12,14,16,22,27H,1-3,6,8,11,21H2/t12?,14-,16-/m1/s1. The maximum Gasteiger partial charge on any atom is 0.165 e. The van der Waals surface area contributed by atoms with Crippen LogP contribution >= 0.6 is 0 Å². The number of hydrogen-bond acceptors (Lipinski definition) is 6. The monoisotopic (exact) mass is 364 g/mol. The summed E-state index contributed by atoms with van der Waals surface area (Å²) < 4.78 is 1.70. The van der Waals surface area contributed by atoms with Gasteiger partial charge >= 0.3 is 0 Å². The lowest BCUT2D eigenvalue weighted by atomic mass is 9.81. The molecule has 7 nitrogen and oxygen atoms in total. The Morgan fingerprint density at radius 1 is 1.26 bits per heavy atom. The Morgan fingerprint density at radius 3 is 3.00 bits per heavy atom. The van der Waals surface area contributed by atoms with Crippen molar-refractivity contribution in [3.8, 4) is 11.1 Å². The van der Waals surface area contributed by atoms with Crippen LogP contribution in [0.5, 0.6) is 0 Å². The fraction of sp³-hybridized carbons (Fsp3) is 0.450. The average Bonchev–Trinajstić information content (AvgIpc) is 2.87. The molecule has 2 saturated heterocycles. The summed E-state index contributed by atoms with van der Waals surface area (Å²) in [5, 5.41) is 17.3. The quantitative estimate of drug-likeness (QED) is 0.658. The van der Waals surface area contributed by atoms with Crippen molar-refractivity contribution >= 4 is 11.5 Å². The minimum Gasteiger partial charge on any atom is -0.390 e. The van der Waals surface area contributed by atoms with Gasteiger partial charge < -0.3 is 16.2 Å². The summed E-state index contributed by atoms with van der Waals surface area (Å²) in [6.07, 6.45) is 8.47. The second-order valence-corrected chi connectivity index (χ2v) is 7.73. The third-order valence-corrected chi connectivity index (χ3v) is 6.10. The van der Waals surface area contributed by atoms with Crippen LogP contribution in [0.3, 0.4) is 0 Å². The van der Waals surface area contributed by atoms with Crippen molar-refractivity contribution < 1.29 is 5.11 Å². The van der Waals surface area contributed by atoms with E-state index in [2.05, 4.69) is 15.4 Å². The van der Waals surface area contributed by atoms with E-state index in [0.29, 0.717) is 29.4 Å². The number of nitrogens with two attached hydrogens (primary N) is 1. The molecule has 0 amide bonds. The van der Waals surface area contributed by atoms with Gasteiger partial charge in [0, 0.05) is 35.3 Å². The van der Waals surface area contributed by atoms with Gasteiger partial charge in [-0.25, -0.2) is 4.98 Å². The summed E-state index contributed by atoms with van der Waals surface area (Å²) in [5.74, 6) is 1.69. The first kappa shape index (κ1) is 16.6. The molecule has 3 aliphatic rings. The molecule has 5 heterocycles. The molecule has 2 aliphatic heterocycles. The van der Waals surface area contributed by atoms with E-state index in [1.807, 2.05) is 18.2 Å². The SMILES string of the molecule is Nc1cc([C@@H]2C[C@H]3CCCC2CN3)nc2c(-c3ccc(CO)nc3)cnn12. The summed E-state index contributed by atoms with van der Waals surface area (Å²) in [6.45, 7) is 1.00. The van der Waals surface area contributed by atoms with E-state index >= 15 is 0 Å². The van der Waals surface area contributed by atoms with Gasteiger partial charge in [0.15, 0.2) is 5.65 Å². The summed E-state index contributed by atoms with van der Waals surface area (Å²) in [7, 11) is 0. The van der Waals surface area contributed by atoms with Gasteiger partial charge in [-0.1, -0.05) is 12.5 Å². The summed E-state index contributed by atoms with van der Waals surface area (Å²) in [6, 6.07) is 6.36. The van der Waals surface area contributed by atoms with E-state index in [0.717, 1.165) is 35.4 Å². The highest BCUT2D eigenvalue weighted by atomic mass is 16.3. The average molecular weight is 364 g/mol. The maximum absolute atomic E-state index is 9.21. The molecule has 0 spiro atoms. The van der Waals surface area contributed by atoms with Crippen LogP contribution in [0.1, 0.15) is 43.0 Å². The molecule has 6 rings (SSSR count). The second kappa shape index (κ2) is 6.58. The van der Waals surface area contributed by atoms with Gasteiger partial charge in [0.05, 0.1) is 24.2 Å². The Bertz CT molecular complexity index is 963. The Hall–Kier alpha value is -2.51. The third kappa shape index (κ3) is 2.87. The molecular weight excluding hydrogens is 340 g/mol. The molecule has 140 valence electrons. The minimum atomic E-state index is -0.0668. The number of nitrogens with zero attached hydrogens (tertiary/aromatic N) is 4. The van der Waals surface area contributed by atoms with E-state index in [-0.39, 0.29) is 6.61 Å². The van der Waals surface area contributed by atoms with Crippen molar-refractivity contribution in [2.75, 3.05) is 12.3 Å². The zero-order chi connectivity index (χ0) is 18.4. The van der Waals surface area contributed by atoms with Crippen LogP contribution in [-0.4, -0.2) is 37.3 Å². The highest BCUT2D eigenvalue weighted by Crippen LogP contribution is 2.40. The molecule has 0 aromatic carbocycles. The zero-order valence-electron chi connectivity index (χ0n) is 15.2. The molecule has 1 aliphatic carbocycles. The molecule has 3 fully saturated rings. The Kier molecular flexibility index (Phi) is 4.06. The first-order valence-corrected chi connectivity index (χ1v) is 9.66. The predicted octanol–water partition coefficient (Wildman–Crippen LogP) is 2.11. The summed E-state index contributed by atoms with van der Waals surface area (Å²) in [5.41, 5.74) is 10.7. The number of pyridine rings is 1. The normalized spacial score (nSPS) is 25.0. The van der Waals surface area contributed by atoms with Crippen LogP contribution in [0.4, 0.5) is 5.82 Å². The molecule has 3 aromatic rings. The molecule has 1 saturated carbocycles. The Morgan fingerprint density at radius 2 is 2.19 bits per heavy atom. The predicted molar refractivity (Wildman–Crippen MR) is 103 cm³/mol. The van der Waals surface area contributed by atoms with Crippen LogP contribution in [0, 0.1) is 5.92 Å². The van der Waals surface area contributed by atoms with Crippen molar-refractivity contribution in [2.24, 2.45) is 5.92 Å². The molecule has 2 bridgehead atoms. The third-order valence-electron chi connectivity index (χ3n) is 6.10. The van der Waals surface area contributed by atoms with Crippen LogP contribution < -0.4 is 11.1 Å². The highest BCUT2D eigenvalue weighted by Gasteiger charge is 2.35. The number of aromatic nitrogens is 4. The molecule has 7 heteroatoms. The second-order valence-electron chi connectivity index (χ2n) is 7.73. The summed E-state index contributed by atoms with van der Waals surface area (Å²) >= 11 is 0. The van der Waals surface area contributed by atoms with Gasteiger partial charge in [0.1, 0.15) is 5.82 Å². The molecule has 3 aromatic heterocycles. The number of piperidine rings is 1. The van der Waals surface area contributed by atoms with Crippen molar-refractivity contribution in [1.82, 2.24) is 24.9 Å². The highest BCUT2D eigenvalue weighted by molar-refractivity contribution is 5.77. The molecule has 4 N–H and O–H groups in total. The smallest absolute Gasteiger partial charge is 0.165 e. The van der Waals surface area contributed by atoms with Gasteiger partial charge in [-0.15, -0.1) is 0 Å². The maximum atomic E-state index is 9.21. The van der Waals surface area contributed by atoms with Gasteiger partial charge in [-0.05, 0) is 37.8 Å². The number of anilines is 1. The lowest BCUT2D eigenvalue weighted by molar-refractivity contribution is 0.277. The van der Waals surface area contributed by atoms with Crippen molar-refractivity contribution in [3.05, 3.63) is 42.0 Å². The fourth-order valence-electron chi connectivity index (χ4n) is 4.63. The summed E-state index contributed by atoms with van der Waals surface area (Å²) in [4.78, 5) is 9.30. The van der Waals surface area contributed by atoms with E-state index < -0.39 is 0 Å². The lowest BCUT2D eigenvalue weighted by Crippen LogP contribution is -2.40. The molecule has 27 heavy (non-hydrogen) atoms. The largest absolute Gasteiger partial charge is 0.390 e. The first-order valence-electron chi connectivity index (χ1n) is 9.66.